The zero-order valence-corrected chi connectivity index (χ0v) is 15.7. The number of carbonyl (C=O) groups excluding carboxylic acids is 1. The molecule has 0 saturated carbocycles. The number of halogens is 2. The Morgan fingerprint density at radius 2 is 1.88 bits per heavy atom. The minimum absolute atomic E-state index is 0.266. The number of nitrogens with one attached hydrogen (secondary N) is 1. The van der Waals surface area contributed by atoms with Crippen LogP contribution < -0.4 is 9.62 Å². The second-order valence-corrected chi connectivity index (χ2v) is 8.56. The molecule has 8 heteroatoms. The van der Waals surface area contributed by atoms with Gasteiger partial charge in [0.25, 0.3) is 0 Å². The number of benzene rings is 1. The van der Waals surface area contributed by atoms with Crippen molar-refractivity contribution in [1.82, 2.24) is 5.32 Å². The van der Waals surface area contributed by atoms with Crippen LogP contribution in [0.1, 0.15) is 25.7 Å². The third-order valence-electron chi connectivity index (χ3n) is 3.72. The van der Waals surface area contributed by atoms with Crippen molar-refractivity contribution in [3.05, 3.63) is 39.9 Å². The van der Waals surface area contributed by atoms with Gasteiger partial charge in [0.15, 0.2) is 0 Å². The third kappa shape index (κ3) is 5.69. The van der Waals surface area contributed by atoms with E-state index in [9.17, 15) is 13.2 Å². The van der Waals surface area contributed by atoms with Crippen LogP contribution in [0.2, 0.25) is 10.0 Å². The Morgan fingerprint density at radius 3 is 2.42 bits per heavy atom. The minimum Gasteiger partial charge on any atom is -0.351 e. The summed E-state index contributed by atoms with van der Waals surface area (Å²) < 4.78 is 25.1. The number of sulfonamides is 1. The van der Waals surface area contributed by atoms with Gasteiger partial charge in [0.2, 0.25) is 15.9 Å². The fourth-order valence-corrected chi connectivity index (χ4v) is 3.90. The molecule has 0 saturated heterocycles. The third-order valence-corrected chi connectivity index (χ3v) is 5.30. The molecule has 0 aliphatic heterocycles. The molecule has 0 aromatic heterocycles. The fraction of sp³-hybridized carbons (Fsp3) is 0.438. The van der Waals surface area contributed by atoms with Crippen LogP contribution >= 0.6 is 23.2 Å². The normalized spacial score (nSPS) is 14.9. The van der Waals surface area contributed by atoms with Crippen molar-refractivity contribution < 1.29 is 13.2 Å². The first-order valence-corrected chi connectivity index (χ1v) is 10.2. The second kappa shape index (κ2) is 8.23. The summed E-state index contributed by atoms with van der Waals surface area (Å²) in [5.41, 5.74) is 1.45. The van der Waals surface area contributed by atoms with Gasteiger partial charge in [-0.1, -0.05) is 34.9 Å². The molecule has 0 spiro atoms. The summed E-state index contributed by atoms with van der Waals surface area (Å²) in [5.74, 6) is -0.372. The lowest BCUT2D eigenvalue weighted by molar-refractivity contribution is -0.119. The van der Waals surface area contributed by atoms with Gasteiger partial charge in [-0.2, -0.15) is 0 Å². The molecule has 132 valence electrons. The highest BCUT2D eigenvalue weighted by Crippen LogP contribution is 2.26. The lowest BCUT2D eigenvalue weighted by Gasteiger charge is -2.22. The number of allylic oxidation sites excluding steroid dienone is 1. The van der Waals surface area contributed by atoms with Crippen LogP contribution in [0.15, 0.2) is 29.8 Å². The van der Waals surface area contributed by atoms with Crippen LogP contribution in [0.3, 0.4) is 0 Å². The summed E-state index contributed by atoms with van der Waals surface area (Å²) in [7, 11) is -3.65. The van der Waals surface area contributed by atoms with Crippen LogP contribution in [0.5, 0.6) is 0 Å². The van der Waals surface area contributed by atoms with Crippen molar-refractivity contribution in [1.29, 1.82) is 0 Å². The first-order valence-electron chi connectivity index (χ1n) is 7.64. The van der Waals surface area contributed by atoms with E-state index in [1.165, 1.54) is 30.2 Å². The molecule has 1 aliphatic carbocycles. The van der Waals surface area contributed by atoms with Gasteiger partial charge in [0.1, 0.15) is 6.54 Å². The van der Waals surface area contributed by atoms with E-state index in [0.29, 0.717) is 16.6 Å². The first-order chi connectivity index (χ1) is 11.3. The van der Waals surface area contributed by atoms with Crippen LogP contribution in [-0.2, 0) is 14.8 Å². The quantitative estimate of drug-likeness (QED) is 0.756. The van der Waals surface area contributed by atoms with Gasteiger partial charge in [-0.25, -0.2) is 8.42 Å². The average Bonchev–Trinajstić information content (AvgIpc) is 2.49. The summed E-state index contributed by atoms with van der Waals surface area (Å²) in [6.45, 7) is 0.134. The van der Waals surface area contributed by atoms with Crippen LogP contribution in [0.25, 0.3) is 0 Å². The molecule has 1 amide bonds. The number of hydrogen-bond donors (Lipinski definition) is 1. The largest absolute Gasteiger partial charge is 0.351 e. The Bertz CT molecular complexity index is 727. The Hall–Kier alpha value is -1.24. The molecular formula is C16H20Cl2N2O3S. The Labute approximate surface area is 152 Å². The molecule has 1 aromatic carbocycles. The van der Waals surface area contributed by atoms with Crippen LogP contribution in [-0.4, -0.2) is 33.7 Å². The van der Waals surface area contributed by atoms with Gasteiger partial charge in [0, 0.05) is 16.6 Å². The van der Waals surface area contributed by atoms with E-state index in [-0.39, 0.29) is 18.1 Å². The molecule has 1 aromatic rings. The van der Waals surface area contributed by atoms with Crippen molar-refractivity contribution in [3.8, 4) is 0 Å². The van der Waals surface area contributed by atoms with Gasteiger partial charge in [-0.3, -0.25) is 9.10 Å². The first kappa shape index (κ1) is 19.1. The van der Waals surface area contributed by atoms with E-state index in [1.54, 1.807) is 0 Å². The summed E-state index contributed by atoms with van der Waals surface area (Å²) >= 11 is 11.9. The molecule has 0 heterocycles. The molecule has 2 rings (SSSR count). The Kier molecular flexibility index (Phi) is 6.54. The maximum Gasteiger partial charge on any atom is 0.241 e. The van der Waals surface area contributed by atoms with E-state index >= 15 is 0 Å². The highest BCUT2D eigenvalue weighted by atomic mass is 35.5. The highest BCUT2D eigenvalue weighted by molar-refractivity contribution is 7.92. The number of hydrogen-bond acceptors (Lipinski definition) is 3. The van der Waals surface area contributed by atoms with Gasteiger partial charge < -0.3 is 5.32 Å². The highest BCUT2D eigenvalue weighted by Gasteiger charge is 2.21. The van der Waals surface area contributed by atoms with Crippen molar-refractivity contribution in [2.24, 2.45) is 0 Å². The molecule has 1 aliphatic rings. The predicted octanol–water partition coefficient (Wildman–Crippen LogP) is 3.38. The summed E-state index contributed by atoms with van der Waals surface area (Å²) in [6, 6.07) is 4.43. The van der Waals surface area contributed by atoms with Crippen molar-refractivity contribution in [3.63, 3.8) is 0 Å². The van der Waals surface area contributed by atoms with Gasteiger partial charge in [-0.15, -0.1) is 0 Å². The number of amides is 1. The van der Waals surface area contributed by atoms with Crippen molar-refractivity contribution in [2.45, 2.75) is 25.7 Å². The summed E-state index contributed by atoms with van der Waals surface area (Å²) in [6.07, 6.45) is 7.47. The predicted molar refractivity (Wildman–Crippen MR) is 98.2 cm³/mol. The van der Waals surface area contributed by atoms with Crippen molar-refractivity contribution in [2.75, 3.05) is 23.7 Å². The molecule has 1 N–H and O–H groups in total. The summed E-state index contributed by atoms with van der Waals surface area (Å²) in [4.78, 5) is 12.2. The topological polar surface area (TPSA) is 66.5 Å². The molecule has 0 unspecified atom stereocenters. The van der Waals surface area contributed by atoms with E-state index in [0.717, 1.165) is 29.8 Å². The molecule has 0 fully saturated rings. The van der Waals surface area contributed by atoms with E-state index < -0.39 is 10.0 Å². The SMILES string of the molecule is CS(=O)(=O)N(CC(=O)NCC1=CCCCC1)c1cc(Cl)cc(Cl)c1. The lowest BCUT2D eigenvalue weighted by Crippen LogP contribution is -2.41. The molecule has 5 nitrogen and oxygen atoms in total. The zero-order valence-electron chi connectivity index (χ0n) is 13.4. The molecule has 0 radical (unpaired) electrons. The maximum absolute atomic E-state index is 12.2. The van der Waals surface area contributed by atoms with Gasteiger partial charge >= 0.3 is 0 Å². The van der Waals surface area contributed by atoms with Crippen LogP contribution in [0.4, 0.5) is 5.69 Å². The van der Waals surface area contributed by atoms with Gasteiger partial charge in [0.05, 0.1) is 11.9 Å². The van der Waals surface area contributed by atoms with Crippen LogP contribution in [0, 0.1) is 0 Å². The fourth-order valence-electron chi connectivity index (χ4n) is 2.55. The minimum atomic E-state index is -3.65. The standard InChI is InChI=1S/C16H20Cl2N2O3S/c1-24(22,23)20(15-8-13(17)7-14(18)9-15)11-16(21)19-10-12-5-3-2-4-6-12/h5,7-9H,2-4,6,10-11H2,1H3,(H,19,21). The Balaban J connectivity index is 2.08. The zero-order chi connectivity index (χ0) is 17.7. The Morgan fingerprint density at radius 1 is 1.21 bits per heavy atom. The van der Waals surface area contributed by atoms with E-state index in [2.05, 4.69) is 11.4 Å². The second-order valence-electron chi connectivity index (χ2n) is 5.78. The van der Waals surface area contributed by atoms with Crippen molar-refractivity contribution >= 4 is 44.8 Å². The number of anilines is 1. The number of nitrogens with zero attached hydrogens (tertiary/aromatic N) is 1. The number of carbonyl (C=O) groups is 1. The summed E-state index contributed by atoms with van der Waals surface area (Å²) in [5, 5.41) is 3.38. The lowest BCUT2D eigenvalue weighted by atomic mass is 10.00. The molecular weight excluding hydrogens is 371 g/mol. The smallest absolute Gasteiger partial charge is 0.241 e. The monoisotopic (exact) mass is 390 g/mol. The molecule has 0 bridgehead atoms. The molecule has 24 heavy (non-hydrogen) atoms. The van der Waals surface area contributed by atoms with Gasteiger partial charge in [-0.05, 0) is 43.9 Å². The van der Waals surface area contributed by atoms with E-state index in [1.807, 2.05) is 0 Å². The average molecular weight is 391 g/mol. The van der Waals surface area contributed by atoms with E-state index in [4.69, 9.17) is 23.2 Å². The molecule has 0 atom stereocenters. The maximum atomic E-state index is 12.2. The number of rotatable bonds is 6.